The summed E-state index contributed by atoms with van der Waals surface area (Å²) in [4.78, 5) is 26.2. The molecule has 1 saturated heterocycles. The van der Waals surface area contributed by atoms with E-state index >= 15 is 0 Å². The molecule has 26 heavy (non-hydrogen) atoms. The Morgan fingerprint density at radius 2 is 1.88 bits per heavy atom. The number of carbonyl (C=O) groups is 2. The van der Waals surface area contributed by atoms with E-state index in [0.29, 0.717) is 26.1 Å². The van der Waals surface area contributed by atoms with Crippen molar-refractivity contribution in [2.45, 2.75) is 51.9 Å². The van der Waals surface area contributed by atoms with Gasteiger partial charge < -0.3 is 14.1 Å². The van der Waals surface area contributed by atoms with Gasteiger partial charge in [-0.2, -0.15) is 0 Å². The fourth-order valence-corrected chi connectivity index (χ4v) is 3.61. The largest absolute Gasteiger partial charge is 0.445 e. The van der Waals surface area contributed by atoms with Gasteiger partial charge >= 0.3 is 6.09 Å². The number of ether oxygens (including phenoxy) is 1. The van der Waals surface area contributed by atoms with E-state index < -0.39 is 8.32 Å². The molecule has 0 radical (unpaired) electrons. The predicted octanol–water partition coefficient (Wildman–Crippen LogP) is 4.24. The van der Waals surface area contributed by atoms with Crippen LogP contribution in [0.5, 0.6) is 0 Å². The molecule has 0 aliphatic carbocycles. The summed E-state index contributed by atoms with van der Waals surface area (Å²) in [6.45, 7) is 12.3. The second-order valence-corrected chi connectivity index (χ2v) is 13.3. The summed E-state index contributed by atoms with van der Waals surface area (Å²) in [6, 6.07) is 9.59. The summed E-state index contributed by atoms with van der Waals surface area (Å²) in [6.07, 6.45) is 0.00470. The van der Waals surface area contributed by atoms with Gasteiger partial charge in [0.15, 0.2) is 8.32 Å². The number of nitrogens with zero attached hydrogens (tertiary/aromatic N) is 1. The van der Waals surface area contributed by atoms with Gasteiger partial charge in [-0.05, 0) is 23.7 Å². The van der Waals surface area contributed by atoms with Crippen LogP contribution in [0.25, 0.3) is 0 Å². The topological polar surface area (TPSA) is 55.8 Å². The highest BCUT2D eigenvalue weighted by atomic mass is 28.4. The fraction of sp³-hybridized carbons (Fsp3) is 0.600. The van der Waals surface area contributed by atoms with Crippen LogP contribution in [0.15, 0.2) is 30.3 Å². The van der Waals surface area contributed by atoms with Gasteiger partial charge in [-0.25, -0.2) is 4.79 Å². The molecule has 0 spiro atoms. The van der Waals surface area contributed by atoms with Gasteiger partial charge in [-0.1, -0.05) is 51.1 Å². The van der Waals surface area contributed by atoms with E-state index in [1.165, 1.54) is 0 Å². The Hall–Kier alpha value is -1.66. The van der Waals surface area contributed by atoms with Crippen LogP contribution in [0.3, 0.4) is 0 Å². The van der Waals surface area contributed by atoms with Crippen molar-refractivity contribution in [3.63, 3.8) is 0 Å². The molecule has 1 aliphatic heterocycles. The Labute approximate surface area is 157 Å². The first-order valence-corrected chi connectivity index (χ1v) is 12.1. The summed E-state index contributed by atoms with van der Waals surface area (Å²) in [5.74, 6) is -0.0852. The zero-order valence-corrected chi connectivity index (χ0v) is 17.6. The molecule has 6 heteroatoms. The molecule has 1 aromatic rings. The van der Waals surface area contributed by atoms with Gasteiger partial charge in [0.25, 0.3) is 0 Å². The number of hydrogen-bond donors (Lipinski definition) is 0. The highest BCUT2D eigenvalue weighted by Crippen LogP contribution is 2.37. The van der Waals surface area contributed by atoms with Crippen LogP contribution < -0.4 is 0 Å². The highest BCUT2D eigenvalue weighted by Gasteiger charge is 2.39. The van der Waals surface area contributed by atoms with Gasteiger partial charge in [0.2, 0.25) is 0 Å². The maximum absolute atomic E-state index is 12.3. The summed E-state index contributed by atoms with van der Waals surface area (Å²) < 4.78 is 11.6. The first-order valence-electron chi connectivity index (χ1n) is 9.22. The van der Waals surface area contributed by atoms with Crippen LogP contribution in [0, 0.1) is 5.92 Å². The molecule has 0 saturated carbocycles. The molecular formula is C20H31NO4Si. The van der Waals surface area contributed by atoms with Crippen molar-refractivity contribution in [3.05, 3.63) is 35.9 Å². The van der Waals surface area contributed by atoms with Gasteiger partial charge in [0.05, 0.1) is 5.92 Å². The van der Waals surface area contributed by atoms with Crippen molar-refractivity contribution < 1.29 is 18.8 Å². The Balaban J connectivity index is 1.88. The minimum absolute atomic E-state index is 0.0962. The van der Waals surface area contributed by atoms with Crippen molar-refractivity contribution in [1.82, 2.24) is 4.90 Å². The number of hydrogen-bond acceptors (Lipinski definition) is 4. The van der Waals surface area contributed by atoms with Gasteiger partial charge in [0, 0.05) is 26.1 Å². The Morgan fingerprint density at radius 3 is 2.50 bits per heavy atom. The van der Waals surface area contributed by atoms with Crippen molar-refractivity contribution in [1.29, 1.82) is 0 Å². The molecule has 1 heterocycles. The van der Waals surface area contributed by atoms with Crippen LogP contribution in [0.1, 0.15) is 32.8 Å². The van der Waals surface area contributed by atoms with Crippen LogP contribution in [0.4, 0.5) is 4.79 Å². The molecule has 0 aromatic heterocycles. The van der Waals surface area contributed by atoms with Gasteiger partial charge in [-0.3, -0.25) is 4.79 Å². The molecule has 1 aromatic carbocycles. The van der Waals surface area contributed by atoms with E-state index in [2.05, 4.69) is 33.9 Å². The second kappa shape index (κ2) is 8.35. The molecule has 5 nitrogen and oxygen atoms in total. The fourth-order valence-electron chi connectivity index (χ4n) is 2.56. The molecular weight excluding hydrogens is 346 g/mol. The zero-order valence-electron chi connectivity index (χ0n) is 16.6. The number of rotatable bonds is 5. The number of piperidine rings is 1. The van der Waals surface area contributed by atoms with E-state index in [9.17, 15) is 9.59 Å². The average Bonchev–Trinajstić information content (AvgIpc) is 2.59. The summed E-state index contributed by atoms with van der Waals surface area (Å²) in [7, 11) is -1.91. The van der Waals surface area contributed by atoms with Crippen molar-refractivity contribution in [2.24, 2.45) is 5.92 Å². The molecule has 0 unspecified atom stereocenters. The van der Waals surface area contributed by atoms with Crippen molar-refractivity contribution in [2.75, 3.05) is 19.7 Å². The Morgan fingerprint density at radius 1 is 1.23 bits per heavy atom. The SMILES string of the molecule is CC(C)(C)[Si](C)(C)OC[C@H]1CN(C(=O)OCc2ccccc2)CCC1=O. The van der Waals surface area contributed by atoms with Crippen LogP contribution >= 0.6 is 0 Å². The third kappa shape index (κ3) is 5.41. The number of amides is 1. The van der Waals surface area contributed by atoms with Crippen molar-refractivity contribution in [3.8, 4) is 0 Å². The lowest BCUT2D eigenvalue weighted by Crippen LogP contribution is -2.48. The lowest BCUT2D eigenvalue weighted by molar-refractivity contribution is -0.127. The standard InChI is InChI=1S/C20H31NO4Si/c1-20(2,3)26(4,5)25-15-17-13-21(12-11-18(17)22)19(23)24-14-16-9-7-6-8-10-16/h6-10,17H,11-15H2,1-5H3/t17-/m1/s1. The maximum atomic E-state index is 12.3. The molecule has 2 rings (SSSR count). The minimum atomic E-state index is -1.91. The highest BCUT2D eigenvalue weighted by molar-refractivity contribution is 6.74. The number of carbonyl (C=O) groups excluding carboxylic acids is 2. The number of Topliss-reactive ketones (excluding diaryl/α,β-unsaturated/α-hetero) is 1. The van der Waals surface area contributed by atoms with E-state index in [1.54, 1.807) is 4.90 Å². The molecule has 144 valence electrons. The first-order chi connectivity index (χ1) is 12.1. The van der Waals surface area contributed by atoms with E-state index in [4.69, 9.17) is 9.16 Å². The quantitative estimate of drug-likeness (QED) is 0.720. The van der Waals surface area contributed by atoms with Gasteiger partial charge in [-0.15, -0.1) is 0 Å². The average molecular weight is 378 g/mol. The number of likely N-dealkylation sites (tertiary alicyclic amines) is 1. The van der Waals surface area contributed by atoms with Crippen LogP contribution in [0.2, 0.25) is 18.1 Å². The van der Waals surface area contributed by atoms with Crippen molar-refractivity contribution >= 4 is 20.2 Å². The Kier molecular flexibility index (Phi) is 6.63. The Bertz CT molecular complexity index is 624. The normalized spacial score (nSPS) is 18.7. The van der Waals surface area contributed by atoms with Crippen LogP contribution in [-0.4, -0.2) is 44.8 Å². The predicted molar refractivity (Wildman–Crippen MR) is 104 cm³/mol. The van der Waals surface area contributed by atoms with Crippen LogP contribution in [-0.2, 0) is 20.6 Å². The zero-order chi connectivity index (χ0) is 19.4. The third-order valence-corrected chi connectivity index (χ3v) is 9.94. The lowest BCUT2D eigenvalue weighted by atomic mass is 9.98. The van der Waals surface area contributed by atoms with E-state index in [0.717, 1.165) is 5.56 Å². The summed E-state index contributed by atoms with van der Waals surface area (Å²) in [5.41, 5.74) is 0.951. The van der Waals surface area contributed by atoms with Gasteiger partial charge in [0.1, 0.15) is 12.4 Å². The molecule has 0 bridgehead atoms. The van der Waals surface area contributed by atoms with E-state index in [1.807, 2.05) is 30.3 Å². The molecule has 1 aliphatic rings. The third-order valence-electron chi connectivity index (χ3n) is 5.44. The maximum Gasteiger partial charge on any atom is 0.410 e. The number of ketones is 1. The first kappa shape index (κ1) is 20.6. The minimum Gasteiger partial charge on any atom is -0.445 e. The van der Waals surface area contributed by atoms with E-state index in [-0.39, 0.29) is 29.4 Å². The lowest BCUT2D eigenvalue weighted by Gasteiger charge is -2.38. The smallest absolute Gasteiger partial charge is 0.410 e. The molecule has 1 fully saturated rings. The monoisotopic (exact) mass is 377 g/mol. The molecule has 0 N–H and O–H groups in total. The summed E-state index contributed by atoms with van der Waals surface area (Å²) in [5, 5.41) is 0.0962. The second-order valence-electron chi connectivity index (χ2n) is 8.47. The summed E-state index contributed by atoms with van der Waals surface area (Å²) >= 11 is 0. The molecule has 1 amide bonds. The molecule has 1 atom stereocenters. The number of benzene rings is 1.